The average Bonchev–Trinajstić information content (AvgIpc) is 2.39. The van der Waals surface area contributed by atoms with Crippen LogP contribution >= 0.6 is 0 Å². The van der Waals surface area contributed by atoms with E-state index in [1.54, 1.807) is 0 Å². The Hall–Kier alpha value is -1.10. The number of carboxylic acid groups (broad SMARTS) is 1. The third kappa shape index (κ3) is 5.59. The molecule has 0 bridgehead atoms. The van der Waals surface area contributed by atoms with E-state index in [4.69, 9.17) is 5.11 Å². The minimum absolute atomic E-state index is 0.00546. The molecule has 110 valence electrons. The predicted molar refractivity (Wildman–Crippen MR) is 73.9 cm³/mol. The van der Waals surface area contributed by atoms with E-state index in [1.165, 1.54) is 0 Å². The Morgan fingerprint density at radius 3 is 2.74 bits per heavy atom. The van der Waals surface area contributed by atoms with Gasteiger partial charge < -0.3 is 15.7 Å². The van der Waals surface area contributed by atoms with Crippen molar-refractivity contribution in [1.29, 1.82) is 0 Å². The number of amides is 1. The van der Waals surface area contributed by atoms with Gasteiger partial charge in [0.25, 0.3) is 0 Å². The average molecular weight is 270 g/mol. The topological polar surface area (TPSA) is 78.4 Å². The summed E-state index contributed by atoms with van der Waals surface area (Å²) in [4.78, 5) is 22.8. The number of unbranched alkanes of at least 4 members (excludes halogenated alkanes) is 1. The molecule has 1 rings (SSSR count). The molecule has 5 heteroatoms. The van der Waals surface area contributed by atoms with E-state index in [9.17, 15) is 9.59 Å². The molecule has 0 radical (unpaired) electrons. The van der Waals surface area contributed by atoms with Crippen LogP contribution in [0.25, 0.3) is 0 Å². The Morgan fingerprint density at radius 2 is 2.11 bits per heavy atom. The van der Waals surface area contributed by atoms with Crippen molar-refractivity contribution < 1.29 is 14.7 Å². The Kier molecular flexibility index (Phi) is 6.84. The van der Waals surface area contributed by atoms with Crippen molar-refractivity contribution >= 4 is 11.9 Å². The molecule has 0 aromatic heterocycles. The predicted octanol–water partition coefficient (Wildman–Crippen LogP) is 1.52. The fourth-order valence-electron chi connectivity index (χ4n) is 2.54. The van der Waals surface area contributed by atoms with Crippen molar-refractivity contribution in [3.05, 3.63) is 0 Å². The van der Waals surface area contributed by atoms with E-state index < -0.39 is 5.97 Å². The van der Waals surface area contributed by atoms with Crippen LogP contribution in [0.1, 0.15) is 52.4 Å². The van der Waals surface area contributed by atoms with E-state index in [1.807, 2.05) is 6.92 Å². The highest BCUT2D eigenvalue weighted by molar-refractivity contribution is 5.81. The SMILES string of the molecule is CCCCNC(=O)C(C)NC1CCCC(C(=O)O)C1. The number of carbonyl (C=O) groups is 2. The van der Waals surface area contributed by atoms with Gasteiger partial charge in [0, 0.05) is 12.6 Å². The quantitative estimate of drug-likeness (QED) is 0.613. The van der Waals surface area contributed by atoms with Crippen molar-refractivity contribution in [2.24, 2.45) is 5.92 Å². The first-order valence-corrected chi connectivity index (χ1v) is 7.31. The summed E-state index contributed by atoms with van der Waals surface area (Å²) in [6.45, 7) is 4.64. The normalized spacial score (nSPS) is 24.7. The summed E-state index contributed by atoms with van der Waals surface area (Å²) in [5.41, 5.74) is 0. The van der Waals surface area contributed by atoms with Gasteiger partial charge in [0.2, 0.25) is 5.91 Å². The summed E-state index contributed by atoms with van der Waals surface area (Å²) in [5.74, 6) is -0.973. The van der Waals surface area contributed by atoms with E-state index in [2.05, 4.69) is 17.6 Å². The fourth-order valence-corrected chi connectivity index (χ4v) is 2.54. The zero-order chi connectivity index (χ0) is 14.3. The Labute approximate surface area is 115 Å². The molecule has 0 saturated heterocycles. The number of carbonyl (C=O) groups excluding carboxylic acids is 1. The van der Waals surface area contributed by atoms with Crippen molar-refractivity contribution in [3.8, 4) is 0 Å². The first-order chi connectivity index (χ1) is 9.04. The van der Waals surface area contributed by atoms with Crippen LogP contribution in [0.2, 0.25) is 0 Å². The van der Waals surface area contributed by atoms with Gasteiger partial charge in [-0.25, -0.2) is 0 Å². The highest BCUT2D eigenvalue weighted by Gasteiger charge is 2.28. The van der Waals surface area contributed by atoms with Crippen molar-refractivity contribution in [3.63, 3.8) is 0 Å². The highest BCUT2D eigenvalue weighted by Crippen LogP contribution is 2.24. The first kappa shape index (κ1) is 16.0. The second-order valence-electron chi connectivity index (χ2n) is 5.43. The molecule has 5 nitrogen and oxygen atoms in total. The summed E-state index contributed by atoms with van der Waals surface area (Å²) in [6.07, 6.45) is 5.30. The van der Waals surface area contributed by atoms with Crippen LogP contribution in [-0.2, 0) is 9.59 Å². The maximum atomic E-state index is 11.8. The van der Waals surface area contributed by atoms with Crippen LogP contribution in [-0.4, -0.2) is 35.6 Å². The van der Waals surface area contributed by atoms with E-state index in [0.29, 0.717) is 13.0 Å². The Bertz CT molecular complexity index is 307. The summed E-state index contributed by atoms with van der Waals surface area (Å²) >= 11 is 0. The zero-order valence-corrected chi connectivity index (χ0v) is 11.9. The molecule has 0 aliphatic heterocycles. The van der Waals surface area contributed by atoms with Gasteiger partial charge in [-0.2, -0.15) is 0 Å². The molecule has 3 N–H and O–H groups in total. The van der Waals surface area contributed by atoms with Crippen molar-refractivity contribution in [2.75, 3.05) is 6.54 Å². The number of hydrogen-bond donors (Lipinski definition) is 3. The number of hydrogen-bond acceptors (Lipinski definition) is 3. The molecule has 0 aromatic carbocycles. The maximum absolute atomic E-state index is 11.8. The van der Waals surface area contributed by atoms with Gasteiger partial charge in [-0.3, -0.25) is 9.59 Å². The summed E-state index contributed by atoms with van der Waals surface area (Å²) in [6, 6.07) is -0.115. The second kappa shape index (κ2) is 8.15. The summed E-state index contributed by atoms with van der Waals surface area (Å²) in [5, 5.41) is 15.2. The number of rotatable bonds is 7. The van der Waals surface area contributed by atoms with Crippen LogP contribution < -0.4 is 10.6 Å². The van der Waals surface area contributed by atoms with Gasteiger partial charge in [0.1, 0.15) is 0 Å². The lowest BCUT2D eigenvalue weighted by molar-refractivity contribution is -0.143. The van der Waals surface area contributed by atoms with Crippen LogP contribution in [0.5, 0.6) is 0 Å². The van der Waals surface area contributed by atoms with Crippen LogP contribution in [0, 0.1) is 5.92 Å². The zero-order valence-electron chi connectivity index (χ0n) is 11.9. The minimum Gasteiger partial charge on any atom is -0.481 e. The maximum Gasteiger partial charge on any atom is 0.306 e. The molecule has 3 unspecified atom stereocenters. The van der Waals surface area contributed by atoms with Crippen LogP contribution in [0.3, 0.4) is 0 Å². The Morgan fingerprint density at radius 1 is 1.37 bits per heavy atom. The molecule has 1 fully saturated rings. The fraction of sp³-hybridized carbons (Fsp3) is 0.857. The lowest BCUT2D eigenvalue weighted by atomic mass is 9.85. The molecule has 1 saturated carbocycles. The van der Waals surface area contributed by atoms with Gasteiger partial charge in [-0.05, 0) is 32.6 Å². The molecular formula is C14H26N2O3. The molecule has 0 heterocycles. The highest BCUT2D eigenvalue weighted by atomic mass is 16.4. The smallest absolute Gasteiger partial charge is 0.306 e. The van der Waals surface area contributed by atoms with Gasteiger partial charge in [0.15, 0.2) is 0 Å². The van der Waals surface area contributed by atoms with E-state index in [-0.39, 0.29) is 23.9 Å². The van der Waals surface area contributed by atoms with Crippen LogP contribution in [0.4, 0.5) is 0 Å². The van der Waals surface area contributed by atoms with Crippen LogP contribution in [0.15, 0.2) is 0 Å². The summed E-state index contributed by atoms with van der Waals surface area (Å²) in [7, 11) is 0. The molecular weight excluding hydrogens is 244 g/mol. The van der Waals surface area contributed by atoms with Gasteiger partial charge in [0.05, 0.1) is 12.0 Å². The molecule has 19 heavy (non-hydrogen) atoms. The number of nitrogens with one attached hydrogen (secondary N) is 2. The van der Waals surface area contributed by atoms with E-state index in [0.717, 1.165) is 32.1 Å². The third-order valence-electron chi connectivity index (χ3n) is 3.73. The first-order valence-electron chi connectivity index (χ1n) is 7.31. The molecule has 0 spiro atoms. The summed E-state index contributed by atoms with van der Waals surface area (Å²) < 4.78 is 0. The standard InChI is InChI=1S/C14H26N2O3/c1-3-4-8-15-13(17)10(2)16-12-7-5-6-11(9-12)14(18)19/h10-12,16H,3-9H2,1-2H3,(H,15,17)(H,18,19). The third-order valence-corrected chi connectivity index (χ3v) is 3.73. The molecule has 1 amide bonds. The molecule has 1 aliphatic carbocycles. The lowest BCUT2D eigenvalue weighted by Crippen LogP contribution is -2.48. The largest absolute Gasteiger partial charge is 0.481 e. The molecule has 1 aliphatic rings. The number of aliphatic carboxylic acids is 1. The monoisotopic (exact) mass is 270 g/mol. The minimum atomic E-state index is -0.716. The van der Waals surface area contributed by atoms with Gasteiger partial charge in [-0.15, -0.1) is 0 Å². The molecule has 0 aromatic rings. The van der Waals surface area contributed by atoms with E-state index >= 15 is 0 Å². The van der Waals surface area contributed by atoms with Crippen molar-refractivity contribution in [2.45, 2.75) is 64.5 Å². The number of carboxylic acids is 1. The van der Waals surface area contributed by atoms with Crippen molar-refractivity contribution in [1.82, 2.24) is 10.6 Å². The molecule has 3 atom stereocenters. The lowest BCUT2D eigenvalue weighted by Gasteiger charge is -2.29. The Balaban J connectivity index is 2.32. The van der Waals surface area contributed by atoms with Gasteiger partial charge >= 0.3 is 5.97 Å². The second-order valence-corrected chi connectivity index (χ2v) is 5.43. The van der Waals surface area contributed by atoms with Gasteiger partial charge in [-0.1, -0.05) is 19.8 Å².